The number of nitrogens with zero attached hydrogens (tertiary/aromatic N) is 2. The minimum atomic E-state index is -0.365. The van der Waals surface area contributed by atoms with Crippen LogP contribution in [0.1, 0.15) is 44.0 Å². The molecule has 2 heterocycles. The second kappa shape index (κ2) is 10.1. The Morgan fingerprint density at radius 3 is 2.50 bits per heavy atom. The highest BCUT2D eigenvalue weighted by molar-refractivity contribution is 5.80. The molecule has 3 rings (SSSR count). The Kier molecular flexibility index (Phi) is 7.27. The van der Waals surface area contributed by atoms with E-state index in [0.717, 1.165) is 17.0 Å². The number of rotatable bonds is 6. The summed E-state index contributed by atoms with van der Waals surface area (Å²) in [5, 5.41) is 6.08. The van der Waals surface area contributed by atoms with E-state index in [2.05, 4.69) is 15.6 Å². The summed E-state index contributed by atoms with van der Waals surface area (Å²) in [6, 6.07) is 13.0. The van der Waals surface area contributed by atoms with Crippen molar-refractivity contribution in [3.8, 4) is 5.75 Å². The van der Waals surface area contributed by atoms with Gasteiger partial charge in [0.15, 0.2) is 0 Å². The molecule has 0 bridgehead atoms. The number of amides is 3. The van der Waals surface area contributed by atoms with Gasteiger partial charge >= 0.3 is 6.03 Å². The Labute approximate surface area is 177 Å². The summed E-state index contributed by atoms with van der Waals surface area (Å²) in [7, 11) is 1.62. The van der Waals surface area contributed by atoms with Crippen LogP contribution in [-0.4, -0.2) is 48.1 Å². The molecule has 1 aromatic heterocycles. The minimum absolute atomic E-state index is 0.0163. The Hall–Kier alpha value is -3.09. The van der Waals surface area contributed by atoms with E-state index in [-0.39, 0.29) is 29.9 Å². The predicted molar refractivity (Wildman–Crippen MR) is 115 cm³/mol. The van der Waals surface area contributed by atoms with Gasteiger partial charge in [-0.3, -0.25) is 9.78 Å². The molecule has 1 aliphatic rings. The van der Waals surface area contributed by atoms with Crippen molar-refractivity contribution >= 4 is 11.9 Å². The quantitative estimate of drug-likeness (QED) is 0.766. The second-order valence-corrected chi connectivity index (χ2v) is 7.84. The molecule has 1 aromatic carbocycles. The highest BCUT2D eigenvalue weighted by atomic mass is 16.5. The number of carbonyl (C=O) groups is 2. The van der Waals surface area contributed by atoms with E-state index in [9.17, 15) is 9.59 Å². The van der Waals surface area contributed by atoms with E-state index < -0.39 is 0 Å². The maximum atomic E-state index is 13.1. The fourth-order valence-electron chi connectivity index (χ4n) is 3.64. The van der Waals surface area contributed by atoms with E-state index >= 15 is 0 Å². The molecule has 7 heteroatoms. The van der Waals surface area contributed by atoms with Crippen molar-refractivity contribution in [3.05, 3.63) is 59.9 Å². The van der Waals surface area contributed by atoms with Crippen LogP contribution in [0.25, 0.3) is 0 Å². The lowest BCUT2D eigenvalue weighted by Crippen LogP contribution is -2.48. The lowest BCUT2D eigenvalue weighted by Gasteiger charge is -2.32. The van der Waals surface area contributed by atoms with Gasteiger partial charge in [0.05, 0.1) is 18.8 Å². The van der Waals surface area contributed by atoms with Crippen LogP contribution in [0.5, 0.6) is 5.75 Å². The number of nitrogens with one attached hydrogen (secondary N) is 2. The van der Waals surface area contributed by atoms with Gasteiger partial charge in [0.1, 0.15) is 5.75 Å². The van der Waals surface area contributed by atoms with E-state index in [1.807, 2.05) is 56.3 Å². The first-order valence-electron chi connectivity index (χ1n) is 10.4. The van der Waals surface area contributed by atoms with Crippen LogP contribution in [0.15, 0.2) is 48.7 Å². The first kappa shape index (κ1) is 21.6. The number of hydrogen-bond donors (Lipinski definition) is 2. The molecule has 2 aromatic rings. The van der Waals surface area contributed by atoms with Gasteiger partial charge in [0.25, 0.3) is 0 Å². The Bertz CT molecular complexity index is 849. The average molecular weight is 411 g/mol. The topological polar surface area (TPSA) is 83.6 Å². The van der Waals surface area contributed by atoms with Gasteiger partial charge in [-0.1, -0.05) is 18.2 Å². The molecule has 1 aliphatic heterocycles. The summed E-state index contributed by atoms with van der Waals surface area (Å²) >= 11 is 0. The van der Waals surface area contributed by atoms with Crippen molar-refractivity contribution in [2.24, 2.45) is 5.92 Å². The molecule has 2 N–H and O–H groups in total. The molecule has 160 valence electrons. The summed E-state index contributed by atoms with van der Waals surface area (Å²) in [4.78, 5) is 31.5. The van der Waals surface area contributed by atoms with Crippen LogP contribution in [0.2, 0.25) is 0 Å². The van der Waals surface area contributed by atoms with Gasteiger partial charge in [0, 0.05) is 31.2 Å². The van der Waals surface area contributed by atoms with Crippen LogP contribution >= 0.6 is 0 Å². The number of piperidine rings is 1. The van der Waals surface area contributed by atoms with Crippen LogP contribution in [-0.2, 0) is 4.79 Å². The average Bonchev–Trinajstić information content (AvgIpc) is 2.77. The van der Waals surface area contributed by atoms with Crippen molar-refractivity contribution in [1.82, 2.24) is 20.5 Å². The summed E-state index contributed by atoms with van der Waals surface area (Å²) < 4.78 is 5.35. The third kappa shape index (κ3) is 5.49. The Morgan fingerprint density at radius 1 is 1.10 bits per heavy atom. The number of hydrogen-bond acceptors (Lipinski definition) is 4. The molecular weight excluding hydrogens is 380 g/mol. The van der Waals surface area contributed by atoms with Gasteiger partial charge in [-0.25, -0.2) is 4.79 Å². The van der Waals surface area contributed by atoms with Crippen molar-refractivity contribution in [3.63, 3.8) is 0 Å². The van der Waals surface area contributed by atoms with Crippen molar-refractivity contribution in [1.29, 1.82) is 0 Å². The monoisotopic (exact) mass is 410 g/mol. The van der Waals surface area contributed by atoms with Crippen LogP contribution in [0.4, 0.5) is 4.79 Å². The standard InChI is InChI=1S/C23H30N4O3/c1-16(2)25-23(29)27-13-10-17(11-14-27)22(28)26-21(20-9-4-5-12-24-20)18-7-6-8-19(15-18)30-3/h4-9,12,15-17,21H,10-11,13-14H2,1-3H3,(H,25,29)(H,26,28). The summed E-state index contributed by atoms with van der Waals surface area (Å²) in [6.07, 6.45) is 3.01. The van der Waals surface area contributed by atoms with Crippen molar-refractivity contribution in [2.75, 3.05) is 20.2 Å². The molecule has 1 saturated heterocycles. The number of urea groups is 1. The second-order valence-electron chi connectivity index (χ2n) is 7.84. The molecule has 0 radical (unpaired) electrons. The van der Waals surface area contributed by atoms with E-state index in [0.29, 0.717) is 25.9 Å². The minimum Gasteiger partial charge on any atom is -0.497 e. The fourth-order valence-corrected chi connectivity index (χ4v) is 3.64. The number of likely N-dealkylation sites (tertiary alicyclic amines) is 1. The van der Waals surface area contributed by atoms with Gasteiger partial charge in [-0.05, 0) is 56.5 Å². The maximum absolute atomic E-state index is 13.1. The molecule has 0 saturated carbocycles. The molecule has 1 fully saturated rings. The highest BCUT2D eigenvalue weighted by Gasteiger charge is 2.29. The highest BCUT2D eigenvalue weighted by Crippen LogP contribution is 2.26. The molecule has 1 unspecified atom stereocenters. The molecule has 3 amide bonds. The number of aromatic nitrogens is 1. The van der Waals surface area contributed by atoms with Gasteiger partial charge in [0.2, 0.25) is 5.91 Å². The molecule has 1 atom stereocenters. The number of pyridine rings is 1. The van der Waals surface area contributed by atoms with Crippen LogP contribution in [0.3, 0.4) is 0 Å². The van der Waals surface area contributed by atoms with Crippen molar-refractivity contribution < 1.29 is 14.3 Å². The summed E-state index contributed by atoms with van der Waals surface area (Å²) in [5.74, 6) is 0.578. The van der Waals surface area contributed by atoms with Crippen LogP contribution in [0, 0.1) is 5.92 Å². The SMILES string of the molecule is COc1cccc(C(NC(=O)C2CCN(C(=O)NC(C)C)CC2)c2ccccn2)c1. The molecule has 0 spiro atoms. The summed E-state index contributed by atoms with van der Waals surface area (Å²) in [5.41, 5.74) is 1.68. The van der Waals surface area contributed by atoms with Gasteiger partial charge in [-0.15, -0.1) is 0 Å². The van der Waals surface area contributed by atoms with Gasteiger partial charge < -0.3 is 20.3 Å². The van der Waals surface area contributed by atoms with Gasteiger partial charge in [-0.2, -0.15) is 0 Å². The number of carbonyl (C=O) groups excluding carboxylic acids is 2. The third-order valence-electron chi connectivity index (χ3n) is 5.26. The Morgan fingerprint density at radius 2 is 1.87 bits per heavy atom. The predicted octanol–water partition coefficient (Wildman–Crippen LogP) is 3.13. The molecule has 0 aliphatic carbocycles. The largest absolute Gasteiger partial charge is 0.497 e. The zero-order chi connectivity index (χ0) is 21.5. The molecule has 30 heavy (non-hydrogen) atoms. The van der Waals surface area contributed by atoms with Crippen molar-refractivity contribution in [2.45, 2.75) is 38.8 Å². The lowest BCUT2D eigenvalue weighted by atomic mass is 9.94. The normalized spacial score (nSPS) is 15.5. The zero-order valence-corrected chi connectivity index (χ0v) is 17.8. The first-order valence-corrected chi connectivity index (χ1v) is 10.4. The number of methoxy groups -OCH3 is 1. The van der Waals surface area contributed by atoms with E-state index in [4.69, 9.17) is 4.74 Å². The smallest absolute Gasteiger partial charge is 0.317 e. The third-order valence-corrected chi connectivity index (χ3v) is 5.26. The van der Waals surface area contributed by atoms with E-state index in [1.54, 1.807) is 18.2 Å². The molecular formula is C23H30N4O3. The summed E-state index contributed by atoms with van der Waals surface area (Å²) in [6.45, 7) is 5.02. The van der Waals surface area contributed by atoms with E-state index in [1.165, 1.54) is 0 Å². The zero-order valence-electron chi connectivity index (χ0n) is 17.8. The fraction of sp³-hybridized carbons (Fsp3) is 0.435. The molecule has 7 nitrogen and oxygen atoms in total. The lowest BCUT2D eigenvalue weighted by molar-refractivity contribution is -0.126. The van der Waals surface area contributed by atoms with Crippen LogP contribution < -0.4 is 15.4 Å². The number of benzene rings is 1. The maximum Gasteiger partial charge on any atom is 0.317 e. The first-order chi connectivity index (χ1) is 14.5. The number of ether oxygens (including phenoxy) is 1. The Balaban J connectivity index is 1.69.